The highest BCUT2D eigenvalue weighted by molar-refractivity contribution is 5.83. The second-order valence-corrected chi connectivity index (χ2v) is 4.47. The van der Waals surface area contributed by atoms with Gasteiger partial charge >= 0.3 is 5.97 Å². The van der Waals surface area contributed by atoms with Crippen LogP contribution in [0.4, 0.5) is 0 Å². The number of ether oxygens (including phenoxy) is 3. The zero-order valence-corrected chi connectivity index (χ0v) is 12.5. The van der Waals surface area contributed by atoms with Gasteiger partial charge in [-0.3, -0.25) is 4.79 Å². The summed E-state index contributed by atoms with van der Waals surface area (Å²) in [6.45, 7) is 2.01. The average Bonchev–Trinajstić information content (AvgIpc) is 2.49. The minimum Gasteiger partial charge on any atom is -0.491 e. The summed E-state index contributed by atoms with van der Waals surface area (Å²) >= 11 is 0. The van der Waals surface area contributed by atoms with Crippen molar-refractivity contribution < 1.29 is 23.8 Å². The van der Waals surface area contributed by atoms with Gasteiger partial charge in [-0.05, 0) is 24.1 Å². The molecule has 1 rings (SSSR count). The number of rotatable bonds is 8. The van der Waals surface area contributed by atoms with E-state index in [0.717, 1.165) is 12.0 Å². The topological polar surface area (TPSA) is 73.9 Å². The van der Waals surface area contributed by atoms with Crippen LogP contribution in [0, 0.1) is 0 Å². The molecule has 0 aromatic heterocycles. The molecule has 1 N–H and O–H groups in total. The van der Waals surface area contributed by atoms with Crippen LogP contribution in [0.25, 0.3) is 0 Å². The van der Waals surface area contributed by atoms with Gasteiger partial charge in [0.15, 0.2) is 6.04 Å². The van der Waals surface area contributed by atoms with E-state index in [9.17, 15) is 9.59 Å². The highest BCUT2D eigenvalue weighted by Gasteiger charge is 2.20. The van der Waals surface area contributed by atoms with Crippen molar-refractivity contribution in [3.05, 3.63) is 29.8 Å². The molecule has 1 aromatic rings. The number of carbonyl (C=O) groups excluding carboxylic acids is 2. The Hall–Kier alpha value is -2.08. The van der Waals surface area contributed by atoms with Gasteiger partial charge in [0.05, 0.1) is 13.7 Å². The third kappa shape index (κ3) is 6.27. The van der Waals surface area contributed by atoms with Gasteiger partial charge in [-0.2, -0.15) is 0 Å². The maximum atomic E-state index is 11.5. The Bertz CT molecular complexity index is 458. The third-order valence-electron chi connectivity index (χ3n) is 2.80. The summed E-state index contributed by atoms with van der Waals surface area (Å²) in [4.78, 5) is 22.6. The second-order valence-electron chi connectivity index (χ2n) is 4.47. The van der Waals surface area contributed by atoms with Gasteiger partial charge in [0.1, 0.15) is 12.4 Å². The first-order valence-electron chi connectivity index (χ1n) is 6.62. The van der Waals surface area contributed by atoms with Crippen LogP contribution in [0.3, 0.4) is 0 Å². The molecule has 0 saturated heterocycles. The highest BCUT2D eigenvalue weighted by Crippen LogP contribution is 2.13. The summed E-state index contributed by atoms with van der Waals surface area (Å²) in [5, 5.41) is 2.49. The Morgan fingerprint density at radius 1 is 1.19 bits per heavy atom. The normalized spacial score (nSPS) is 11.6. The molecule has 1 aromatic carbocycles. The summed E-state index contributed by atoms with van der Waals surface area (Å²) in [5.74, 6) is -0.235. The largest absolute Gasteiger partial charge is 0.491 e. The van der Waals surface area contributed by atoms with E-state index in [2.05, 4.69) is 10.1 Å². The van der Waals surface area contributed by atoms with Gasteiger partial charge in [0.25, 0.3) is 0 Å². The lowest BCUT2D eigenvalue weighted by Crippen LogP contribution is -2.44. The summed E-state index contributed by atoms with van der Waals surface area (Å²) in [6, 6.07) is 6.67. The summed E-state index contributed by atoms with van der Waals surface area (Å²) < 4.78 is 15.1. The molecule has 0 radical (unpaired) electrons. The number of benzene rings is 1. The minimum atomic E-state index is -0.819. The SMILES string of the molecule is COCCc1ccc(OCC(NC(C)=O)C(=O)OC)cc1. The molecule has 0 bridgehead atoms. The van der Waals surface area contributed by atoms with Gasteiger partial charge in [0.2, 0.25) is 5.91 Å². The predicted molar refractivity (Wildman–Crippen MR) is 77.1 cm³/mol. The van der Waals surface area contributed by atoms with E-state index in [1.54, 1.807) is 7.11 Å². The van der Waals surface area contributed by atoms with Crippen LogP contribution in [-0.2, 0) is 25.5 Å². The lowest BCUT2D eigenvalue weighted by atomic mass is 10.1. The van der Waals surface area contributed by atoms with Crippen molar-refractivity contribution in [1.82, 2.24) is 5.32 Å². The smallest absolute Gasteiger partial charge is 0.331 e. The first-order valence-corrected chi connectivity index (χ1v) is 6.62. The van der Waals surface area contributed by atoms with Crippen LogP contribution in [0.2, 0.25) is 0 Å². The Kier molecular flexibility index (Phi) is 7.25. The zero-order chi connectivity index (χ0) is 15.7. The molecule has 0 spiro atoms. The van der Waals surface area contributed by atoms with Crippen LogP contribution in [-0.4, -0.2) is 45.4 Å². The molecule has 6 heteroatoms. The third-order valence-corrected chi connectivity index (χ3v) is 2.80. The van der Waals surface area contributed by atoms with E-state index in [-0.39, 0.29) is 12.5 Å². The molecule has 116 valence electrons. The summed E-state index contributed by atoms with van der Waals surface area (Å²) in [6.07, 6.45) is 0.827. The number of carbonyl (C=O) groups is 2. The van der Waals surface area contributed by atoms with Crippen LogP contribution < -0.4 is 10.1 Å². The van der Waals surface area contributed by atoms with E-state index in [1.807, 2.05) is 24.3 Å². The molecule has 1 atom stereocenters. The molecular formula is C15H21NO5. The lowest BCUT2D eigenvalue weighted by Gasteiger charge is -2.16. The van der Waals surface area contributed by atoms with Crippen LogP contribution in [0.5, 0.6) is 5.75 Å². The number of esters is 1. The molecule has 0 aliphatic carbocycles. The fraction of sp³-hybridized carbons (Fsp3) is 0.467. The first kappa shape index (κ1) is 17.0. The second kappa shape index (κ2) is 8.97. The molecule has 0 aliphatic heterocycles. The molecule has 0 aliphatic rings. The summed E-state index contributed by atoms with van der Waals surface area (Å²) in [5.41, 5.74) is 1.13. The lowest BCUT2D eigenvalue weighted by molar-refractivity contribution is -0.145. The van der Waals surface area contributed by atoms with Crippen molar-refractivity contribution in [3.63, 3.8) is 0 Å². The number of hydrogen-bond acceptors (Lipinski definition) is 5. The molecule has 0 heterocycles. The molecule has 21 heavy (non-hydrogen) atoms. The van der Waals surface area contributed by atoms with Crippen LogP contribution >= 0.6 is 0 Å². The van der Waals surface area contributed by atoms with Crippen molar-refractivity contribution >= 4 is 11.9 Å². The molecular weight excluding hydrogens is 274 g/mol. The van der Waals surface area contributed by atoms with Crippen molar-refractivity contribution in [2.75, 3.05) is 27.4 Å². The van der Waals surface area contributed by atoms with Gasteiger partial charge < -0.3 is 19.5 Å². The molecule has 1 amide bonds. The fourth-order valence-corrected chi connectivity index (χ4v) is 1.71. The van der Waals surface area contributed by atoms with Gasteiger partial charge in [-0.25, -0.2) is 4.79 Å². The van der Waals surface area contributed by atoms with Crippen molar-refractivity contribution in [3.8, 4) is 5.75 Å². The summed E-state index contributed by atoms with van der Waals surface area (Å²) in [7, 11) is 2.92. The average molecular weight is 295 g/mol. The predicted octanol–water partition coefficient (Wildman–Crippen LogP) is 0.932. The number of hydrogen-bond donors (Lipinski definition) is 1. The van der Waals surface area contributed by atoms with Crippen LogP contribution in [0.1, 0.15) is 12.5 Å². The van der Waals surface area contributed by atoms with Crippen molar-refractivity contribution in [1.29, 1.82) is 0 Å². The Morgan fingerprint density at radius 3 is 2.38 bits per heavy atom. The minimum absolute atomic E-state index is 0.0175. The maximum absolute atomic E-state index is 11.5. The fourth-order valence-electron chi connectivity index (χ4n) is 1.71. The first-order chi connectivity index (χ1) is 10.1. The monoisotopic (exact) mass is 295 g/mol. The maximum Gasteiger partial charge on any atom is 0.331 e. The van der Waals surface area contributed by atoms with E-state index in [0.29, 0.717) is 12.4 Å². The highest BCUT2D eigenvalue weighted by atomic mass is 16.5. The van der Waals surface area contributed by atoms with Crippen molar-refractivity contribution in [2.45, 2.75) is 19.4 Å². The quantitative estimate of drug-likeness (QED) is 0.722. The van der Waals surface area contributed by atoms with Crippen LogP contribution in [0.15, 0.2) is 24.3 Å². The number of methoxy groups -OCH3 is 2. The number of amides is 1. The molecule has 6 nitrogen and oxygen atoms in total. The Balaban J connectivity index is 2.54. The van der Waals surface area contributed by atoms with Gasteiger partial charge in [-0.1, -0.05) is 12.1 Å². The molecule has 1 unspecified atom stereocenters. The van der Waals surface area contributed by atoms with E-state index in [1.165, 1.54) is 14.0 Å². The molecule has 0 fully saturated rings. The van der Waals surface area contributed by atoms with Gasteiger partial charge in [0, 0.05) is 14.0 Å². The molecule has 0 saturated carbocycles. The van der Waals surface area contributed by atoms with E-state index < -0.39 is 12.0 Å². The van der Waals surface area contributed by atoms with Crippen molar-refractivity contribution in [2.24, 2.45) is 0 Å². The van der Waals surface area contributed by atoms with E-state index in [4.69, 9.17) is 9.47 Å². The number of nitrogens with one attached hydrogen (secondary N) is 1. The zero-order valence-electron chi connectivity index (χ0n) is 12.5. The van der Waals surface area contributed by atoms with Gasteiger partial charge in [-0.15, -0.1) is 0 Å². The Labute approximate surface area is 124 Å². The van der Waals surface area contributed by atoms with E-state index >= 15 is 0 Å². The standard InChI is InChI=1S/C15H21NO5/c1-11(17)16-14(15(18)20-3)10-21-13-6-4-12(5-7-13)8-9-19-2/h4-7,14H,8-10H2,1-3H3,(H,16,17). The Morgan fingerprint density at radius 2 is 1.86 bits per heavy atom.